The van der Waals surface area contributed by atoms with Gasteiger partial charge >= 0.3 is 0 Å². The number of hydrogen-bond acceptors (Lipinski definition) is 6. The SMILES string of the molecule is Cc1ccc(C(=O)[C@H]2[C@H](c3ccc4c(c3)OCO4)[C@@H](c3ccc4c(c3)OCO4)C[C@@]2(O)c2ccc(C)cc2)cc1. The lowest BCUT2D eigenvalue weighted by molar-refractivity contribution is -0.000276. The van der Waals surface area contributed by atoms with Crippen LogP contribution in [0.2, 0.25) is 0 Å². The third-order valence-corrected chi connectivity index (χ3v) is 8.61. The third-order valence-electron chi connectivity index (χ3n) is 8.61. The summed E-state index contributed by atoms with van der Waals surface area (Å²) in [6.45, 7) is 4.35. The summed E-state index contributed by atoms with van der Waals surface area (Å²) in [4.78, 5) is 14.5. The average molecular weight is 535 g/mol. The van der Waals surface area contributed by atoms with Crippen molar-refractivity contribution in [2.45, 2.75) is 37.7 Å². The molecule has 6 nitrogen and oxygen atoms in total. The van der Waals surface area contributed by atoms with Crippen molar-refractivity contribution in [1.82, 2.24) is 0 Å². The molecule has 0 unspecified atom stereocenters. The number of carbonyl (C=O) groups excluding carboxylic acids is 1. The van der Waals surface area contributed by atoms with Gasteiger partial charge in [-0.3, -0.25) is 4.79 Å². The number of fused-ring (bicyclic) bond motifs is 2. The number of rotatable bonds is 5. The molecule has 2 heterocycles. The van der Waals surface area contributed by atoms with Gasteiger partial charge in [0.2, 0.25) is 13.6 Å². The topological polar surface area (TPSA) is 74.2 Å². The number of ketones is 1. The van der Waals surface area contributed by atoms with Crippen LogP contribution in [0.4, 0.5) is 0 Å². The first-order chi connectivity index (χ1) is 19.4. The molecular formula is C34H30O6. The van der Waals surface area contributed by atoms with Crippen molar-refractivity contribution in [3.63, 3.8) is 0 Å². The van der Waals surface area contributed by atoms with Crippen LogP contribution in [0.3, 0.4) is 0 Å². The van der Waals surface area contributed by atoms with E-state index in [-0.39, 0.29) is 31.2 Å². The van der Waals surface area contributed by atoms with E-state index in [0.717, 1.165) is 27.8 Å². The summed E-state index contributed by atoms with van der Waals surface area (Å²) in [5.41, 5.74) is 3.96. The van der Waals surface area contributed by atoms with Crippen LogP contribution in [-0.2, 0) is 5.60 Å². The van der Waals surface area contributed by atoms with Crippen LogP contribution in [0, 0.1) is 19.8 Å². The molecule has 1 saturated carbocycles. The number of hydrogen-bond donors (Lipinski definition) is 1. The van der Waals surface area contributed by atoms with Crippen LogP contribution in [0.5, 0.6) is 23.0 Å². The molecule has 0 amide bonds. The van der Waals surface area contributed by atoms with E-state index in [0.29, 0.717) is 35.0 Å². The molecule has 0 bridgehead atoms. The molecule has 0 radical (unpaired) electrons. The second-order valence-corrected chi connectivity index (χ2v) is 11.1. The van der Waals surface area contributed by atoms with E-state index in [9.17, 15) is 9.90 Å². The molecule has 0 aromatic heterocycles. The first kappa shape index (κ1) is 24.7. The van der Waals surface area contributed by atoms with Gasteiger partial charge < -0.3 is 24.1 Å². The highest BCUT2D eigenvalue weighted by Crippen LogP contribution is 2.60. The molecule has 6 heteroatoms. The van der Waals surface area contributed by atoms with Crippen molar-refractivity contribution in [1.29, 1.82) is 0 Å². The fraction of sp³-hybridized carbons (Fsp3) is 0.265. The lowest BCUT2D eigenvalue weighted by atomic mass is 9.73. The Morgan fingerprint density at radius 1 is 0.700 bits per heavy atom. The Morgan fingerprint density at radius 2 is 1.23 bits per heavy atom. The van der Waals surface area contributed by atoms with Crippen LogP contribution in [0.1, 0.15) is 56.4 Å². The quantitative estimate of drug-likeness (QED) is 0.298. The van der Waals surface area contributed by atoms with Gasteiger partial charge in [-0.05, 0) is 67.1 Å². The van der Waals surface area contributed by atoms with Crippen molar-refractivity contribution in [3.05, 3.63) is 118 Å². The molecule has 7 rings (SSSR count). The minimum absolute atomic E-state index is 0.0889. The molecule has 4 atom stereocenters. The fourth-order valence-corrected chi connectivity index (χ4v) is 6.55. The smallest absolute Gasteiger partial charge is 0.231 e. The van der Waals surface area contributed by atoms with Gasteiger partial charge in [-0.15, -0.1) is 0 Å². The Labute approximate surface area is 233 Å². The number of carbonyl (C=O) groups is 1. The van der Waals surface area contributed by atoms with Crippen molar-refractivity contribution >= 4 is 5.78 Å². The van der Waals surface area contributed by atoms with Crippen LogP contribution in [-0.4, -0.2) is 24.5 Å². The fourth-order valence-electron chi connectivity index (χ4n) is 6.55. The monoisotopic (exact) mass is 534 g/mol. The van der Waals surface area contributed by atoms with Crippen molar-refractivity contribution < 1.29 is 28.8 Å². The molecule has 1 fully saturated rings. The van der Waals surface area contributed by atoms with Crippen molar-refractivity contribution in [2.75, 3.05) is 13.6 Å². The van der Waals surface area contributed by atoms with Crippen molar-refractivity contribution in [2.24, 2.45) is 5.92 Å². The van der Waals surface area contributed by atoms with Gasteiger partial charge in [0.05, 0.1) is 5.92 Å². The molecule has 0 saturated heterocycles. The molecule has 0 spiro atoms. The van der Waals surface area contributed by atoms with Gasteiger partial charge in [0, 0.05) is 11.5 Å². The summed E-state index contributed by atoms with van der Waals surface area (Å²) >= 11 is 0. The maximum Gasteiger partial charge on any atom is 0.231 e. The predicted molar refractivity (Wildman–Crippen MR) is 149 cm³/mol. The van der Waals surface area contributed by atoms with Crippen molar-refractivity contribution in [3.8, 4) is 23.0 Å². The van der Waals surface area contributed by atoms with Gasteiger partial charge in [-0.25, -0.2) is 0 Å². The lowest BCUT2D eigenvalue weighted by Crippen LogP contribution is -2.38. The average Bonchev–Trinajstić information content (AvgIpc) is 3.70. The number of Topliss-reactive ketones (excluding diaryl/α,β-unsaturated/α-hetero) is 1. The summed E-state index contributed by atoms with van der Waals surface area (Å²) < 4.78 is 22.6. The molecule has 2 aliphatic heterocycles. The van der Waals surface area contributed by atoms with E-state index in [4.69, 9.17) is 18.9 Å². The van der Waals surface area contributed by atoms with Crippen LogP contribution < -0.4 is 18.9 Å². The number of aliphatic hydroxyl groups is 1. The Kier molecular flexibility index (Phi) is 5.82. The van der Waals surface area contributed by atoms with E-state index < -0.39 is 11.5 Å². The second kappa shape index (κ2) is 9.42. The maximum atomic E-state index is 14.5. The zero-order valence-corrected chi connectivity index (χ0v) is 22.4. The van der Waals surface area contributed by atoms with Gasteiger partial charge in [-0.2, -0.15) is 0 Å². The zero-order chi connectivity index (χ0) is 27.4. The Bertz CT molecular complexity index is 1590. The Hall–Kier alpha value is -4.29. The summed E-state index contributed by atoms with van der Waals surface area (Å²) in [5, 5.41) is 12.7. The van der Waals surface area contributed by atoms with E-state index >= 15 is 0 Å². The minimum atomic E-state index is -1.42. The van der Waals surface area contributed by atoms with E-state index in [1.54, 1.807) is 0 Å². The number of benzene rings is 4. The van der Waals surface area contributed by atoms with E-state index in [1.807, 2.05) is 98.8 Å². The lowest BCUT2D eigenvalue weighted by Gasteiger charge is -2.33. The molecular weight excluding hydrogens is 504 g/mol. The first-order valence-electron chi connectivity index (χ1n) is 13.6. The number of ether oxygens (including phenoxy) is 4. The largest absolute Gasteiger partial charge is 0.454 e. The normalized spacial score (nSPS) is 24.3. The highest BCUT2D eigenvalue weighted by molar-refractivity contribution is 6.00. The maximum absolute atomic E-state index is 14.5. The molecule has 202 valence electrons. The minimum Gasteiger partial charge on any atom is -0.454 e. The summed E-state index contributed by atoms with van der Waals surface area (Å²) in [6, 6.07) is 27.2. The van der Waals surface area contributed by atoms with Gasteiger partial charge in [0.25, 0.3) is 0 Å². The standard InChI is InChI=1S/C34H30O6/c1-20-3-7-22(8-4-20)33(35)32-31(24-10-14-28-30(16-24)40-19-38-28)26(23-9-13-27-29(15-23)39-18-37-27)17-34(32,36)25-11-5-21(2)6-12-25/h3-16,26,31-32,36H,17-19H2,1-2H3/t26-,31-,32-,34-/m1/s1. The molecule has 1 N–H and O–H groups in total. The molecule has 4 aromatic carbocycles. The highest BCUT2D eigenvalue weighted by Gasteiger charge is 2.57. The van der Waals surface area contributed by atoms with Gasteiger partial charge in [0.15, 0.2) is 28.8 Å². The highest BCUT2D eigenvalue weighted by atomic mass is 16.7. The van der Waals surface area contributed by atoms with Crippen LogP contribution in [0.15, 0.2) is 84.9 Å². The van der Waals surface area contributed by atoms with Crippen LogP contribution >= 0.6 is 0 Å². The van der Waals surface area contributed by atoms with E-state index in [2.05, 4.69) is 0 Å². The zero-order valence-electron chi connectivity index (χ0n) is 22.4. The Morgan fingerprint density at radius 3 is 1.85 bits per heavy atom. The number of aryl methyl sites for hydroxylation is 2. The summed E-state index contributed by atoms with van der Waals surface area (Å²) in [6.07, 6.45) is 0.358. The van der Waals surface area contributed by atoms with Crippen LogP contribution in [0.25, 0.3) is 0 Å². The summed E-state index contributed by atoms with van der Waals surface area (Å²) in [5.74, 6) is 1.31. The first-order valence-corrected chi connectivity index (χ1v) is 13.6. The molecule has 4 aromatic rings. The van der Waals surface area contributed by atoms with Gasteiger partial charge in [-0.1, -0.05) is 71.8 Å². The summed E-state index contributed by atoms with van der Waals surface area (Å²) in [7, 11) is 0. The Balaban J connectivity index is 1.43. The predicted octanol–water partition coefficient (Wildman–Crippen LogP) is 6.42. The third kappa shape index (κ3) is 4.02. The second-order valence-electron chi connectivity index (χ2n) is 11.1. The molecule has 40 heavy (non-hydrogen) atoms. The van der Waals surface area contributed by atoms with Gasteiger partial charge in [0.1, 0.15) is 5.60 Å². The molecule has 1 aliphatic carbocycles. The molecule has 3 aliphatic rings. The van der Waals surface area contributed by atoms with E-state index in [1.165, 1.54) is 0 Å².